The number of nitrogens with zero attached hydrogens (tertiary/aromatic N) is 1. The van der Waals surface area contributed by atoms with Crippen molar-refractivity contribution < 1.29 is 19.1 Å². The first-order valence-corrected chi connectivity index (χ1v) is 11.3. The van der Waals surface area contributed by atoms with E-state index in [4.69, 9.17) is 9.47 Å². The third-order valence-electron chi connectivity index (χ3n) is 3.65. The molecule has 0 aliphatic rings. The summed E-state index contributed by atoms with van der Waals surface area (Å²) in [5.74, 6) is 0.376. The molecule has 2 amide bonds. The Morgan fingerprint density at radius 1 is 1.17 bits per heavy atom. The van der Waals surface area contributed by atoms with Crippen molar-refractivity contribution in [3.8, 4) is 11.5 Å². The maximum Gasteiger partial charge on any atom is 0.249 e. The average Bonchev–Trinajstić information content (AvgIpc) is 2.69. The van der Waals surface area contributed by atoms with Crippen molar-refractivity contribution >= 4 is 62.2 Å². The molecule has 0 spiro atoms. The van der Waals surface area contributed by atoms with E-state index in [1.807, 2.05) is 26.0 Å². The van der Waals surface area contributed by atoms with Crippen molar-refractivity contribution in [2.24, 2.45) is 5.10 Å². The van der Waals surface area contributed by atoms with Gasteiger partial charge in [-0.15, -0.1) is 0 Å². The number of carbonyl (C=O) groups is 2. The number of ether oxygens (including phenoxy) is 2. The second-order valence-corrected chi connectivity index (χ2v) is 8.13. The molecule has 0 aliphatic heterocycles. The van der Waals surface area contributed by atoms with E-state index in [-0.39, 0.29) is 6.42 Å². The van der Waals surface area contributed by atoms with Gasteiger partial charge in [0.25, 0.3) is 0 Å². The van der Waals surface area contributed by atoms with Gasteiger partial charge in [0.05, 0.1) is 28.7 Å². The molecule has 9 heteroatoms. The number of amides is 2. The zero-order chi connectivity index (χ0) is 21.9. The minimum atomic E-state index is -0.515. The molecule has 0 fully saturated rings. The number of hydrogen-bond donors (Lipinski definition) is 2. The Morgan fingerprint density at radius 3 is 2.63 bits per heavy atom. The fourth-order valence-corrected chi connectivity index (χ4v) is 3.56. The van der Waals surface area contributed by atoms with Crippen LogP contribution in [0.25, 0.3) is 0 Å². The summed E-state index contributed by atoms with van der Waals surface area (Å²) in [4.78, 5) is 24.0. The lowest BCUT2D eigenvalue weighted by molar-refractivity contribution is -0.126. The average molecular weight is 588 g/mol. The van der Waals surface area contributed by atoms with Crippen LogP contribution in [-0.2, 0) is 9.59 Å². The predicted octanol–water partition coefficient (Wildman–Crippen LogP) is 4.72. The maximum absolute atomic E-state index is 12.0. The third-order valence-corrected chi connectivity index (χ3v) is 5.15. The van der Waals surface area contributed by atoms with Crippen LogP contribution < -0.4 is 20.2 Å². The first-order chi connectivity index (χ1) is 14.4. The molecule has 0 aromatic heterocycles. The van der Waals surface area contributed by atoms with Crippen LogP contribution in [0, 0.1) is 3.57 Å². The highest BCUT2D eigenvalue weighted by Gasteiger charge is 2.12. The molecule has 2 rings (SSSR count). The number of anilines is 1. The van der Waals surface area contributed by atoms with E-state index >= 15 is 0 Å². The van der Waals surface area contributed by atoms with Gasteiger partial charge in [0.1, 0.15) is 6.42 Å². The summed E-state index contributed by atoms with van der Waals surface area (Å²) in [6.07, 6.45) is 2.05. The molecule has 0 heterocycles. The van der Waals surface area contributed by atoms with Crippen LogP contribution in [0.2, 0.25) is 0 Å². The van der Waals surface area contributed by atoms with Gasteiger partial charge in [-0.1, -0.05) is 19.1 Å². The van der Waals surface area contributed by atoms with E-state index < -0.39 is 11.8 Å². The van der Waals surface area contributed by atoms with Crippen LogP contribution >= 0.6 is 38.5 Å². The number of halogens is 2. The Kier molecular flexibility index (Phi) is 10.1. The molecule has 2 aromatic carbocycles. The summed E-state index contributed by atoms with van der Waals surface area (Å²) < 4.78 is 13.1. The van der Waals surface area contributed by atoms with E-state index in [0.29, 0.717) is 30.4 Å². The summed E-state index contributed by atoms with van der Waals surface area (Å²) >= 11 is 5.52. The Bertz CT molecular complexity index is 921. The van der Waals surface area contributed by atoms with Gasteiger partial charge >= 0.3 is 0 Å². The Labute approximate surface area is 197 Å². The van der Waals surface area contributed by atoms with Crippen molar-refractivity contribution in [2.45, 2.75) is 26.7 Å². The van der Waals surface area contributed by atoms with Crippen molar-refractivity contribution in [1.29, 1.82) is 0 Å². The molecule has 7 nitrogen and oxygen atoms in total. The second kappa shape index (κ2) is 12.5. The number of carbonyl (C=O) groups excluding carboxylic acids is 2. The lowest BCUT2D eigenvalue weighted by Gasteiger charge is -2.14. The molecular formula is C21H23BrIN3O4. The summed E-state index contributed by atoms with van der Waals surface area (Å²) in [7, 11) is 0. The topological polar surface area (TPSA) is 89.0 Å². The number of hydrogen-bond acceptors (Lipinski definition) is 5. The highest BCUT2D eigenvalue weighted by atomic mass is 127. The van der Waals surface area contributed by atoms with E-state index in [1.54, 1.807) is 24.3 Å². The number of para-hydroxylation sites is 1. The minimum Gasteiger partial charge on any atom is -0.490 e. The van der Waals surface area contributed by atoms with Crippen LogP contribution in [0.5, 0.6) is 11.5 Å². The highest BCUT2D eigenvalue weighted by molar-refractivity contribution is 14.1. The molecule has 30 heavy (non-hydrogen) atoms. The van der Waals surface area contributed by atoms with E-state index in [1.165, 1.54) is 6.21 Å². The monoisotopic (exact) mass is 587 g/mol. The highest BCUT2D eigenvalue weighted by Crippen LogP contribution is 2.34. The number of nitrogens with one attached hydrogen (secondary N) is 2. The maximum atomic E-state index is 12.0. The molecule has 0 aliphatic carbocycles. The predicted molar refractivity (Wildman–Crippen MR) is 129 cm³/mol. The molecule has 160 valence electrons. The quantitative estimate of drug-likeness (QED) is 0.182. The lowest BCUT2D eigenvalue weighted by Crippen LogP contribution is -2.24. The van der Waals surface area contributed by atoms with Gasteiger partial charge in [-0.05, 0) is 81.7 Å². The van der Waals surface area contributed by atoms with Gasteiger partial charge in [0.15, 0.2) is 11.5 Å². The number of benzene rings is 2. The number of hydrazone groups is 1. The van der Waals surface area contributed by atoms with Crippen molar-refractivity contribution in [3.63, 3.8) is 0 Å². The molecule has 2 N–H and O–H groups in total. The first-order valence-electron chi connectivity index (χ1n) is 9.40. The summed E-state index contributed by atoms with van der Waals surface area (Å²) in [5, 5.41) is 6.61. The van der Waals surface area contributed by atoms with Crippen LogP contribution in [0.3, 0.4) is 0 Å². The molecule has 0 atom stereocenters. The molecule has 0 unspecified atom stereocenters. The number of rotatable bonds is 10. The van der Waals surface area contributed by atoms with E-state index in [2.05, 4.69) is 54.4 Å². The van der Waals surface area contributed by atoms with E-state index in [0.717, 1.165) is 20.0 Å². The summed E-state index contributed by atoms with van der Waals surface area (Å²) in [6.45, 7) is 5.04. The Morgan fingerprint density at radius 2 is 1.93 bits per heavy atom. The molecule has 0 radical (unpaired) electrons. The largest absolute Gasteiger partial charge is 0.490 e. The molecule has 2 aromatic rings. The van der Waals surface area contributed by atoms with Gasteiger partial charge in [-0.25, -0.2) is 5.43 Å². The Balaban J connectivity index is 1.96. The normalized spacial score (nSPS) is 10.7. The summed E-state index contributed by atoms with van der Waals surface area (Å²) in [6, 6.07) is 10.8. The zero-order valence-electron chi connectivity index (χ0n) is 16.7. The smallest absolute Gasteiger partial charge is 0.249 e. The van der Waals surface area contributed by atoms with Gasteiger partial charge in [-0.2, -0.15) is 5.10 Å². The second-order valence-electron chi connectivity index (χ2n) is 6.11. The molecular weight excluding hydrogens is 565 g/mol. The van der Waals surface area contributed by atoms with Crippen LogP contribution in [-0.4, -0.2) is 31.2 Å². The van der Waals surface area contributed by atoms with Crippen molar-refractivity contribution in [1.82, 2.24) is 5.43 Å². The van der Waals surface area contributed by atoms with Gasteiger partial charge < -0.3 is 14.8 Å². The fraction of sp³-hybridized carbons (Fsp3) is 0.286. The molecule has 0 saturated heterocycles. The molecule has 0 bridgehead atoms. The lowest BCUT2D eigenvalue weighted by atomic mass is 10.2. The Hall–Kier alpha value is -2.14. The first kappa shape index (κ1) is 24.1. The van der Waals surface area contributed by atoms with Crippen molar-refractivity contribution in [3.05, 3.63) is 50.0 Å². The fourth-order valence-electron chi connectivity index (χ4n) is 2.39. The van der Waals surface area contributed by atoms with Gasteiger partial charge in [0.2, 0.25) is 11.8 Å². The standard InChI is InChI=1S/C21H23BrIN3O4/c1-3-9-30-21-16(23)10-14(11-18(21)29-4-2)13-24-26-20(28)12-19(27)25-17-8-6-5-7-15(17)22/h5-8,10-11,13H,3-4,9,12H2,1-2H3,(H,25,27)(H,26,28). The third kappa shape index (κ3) is 7.60. The van der Waals surface area contributed by atoms with Crippen LogP contribution in [0.15, 0.2) is 46.0 Å². The van der Waals surface area contributed by atoms with Gasteiger partial charge in [-0.3, -0.25) is 9.59 Å². The van der Waals surface area contributed by atoms with Crippen molar-refractivity contribution in [2.75, 3.05) is 18.5 Å². The summed E-state index contributed by atoms with van der Waals surface area (Å²) in [5.41, 5.74) is 3.71. The van der Waals surface area contributed by atoms with E-state index in [9.17, 15) is 9.59 Å². The molecule has 0 saturated carbocycles. The van der Waals surface area contributed by atoms with Crippen LogP contribution in [0.4, 0.5) is 5.69 Å². The minimum absolute atomic E-state index is 0.343. The zero-order valence-corrected chi connectivity index (χ0v) is 20.4. The van der Waals surface area contributed by atoms with Crippen LogP contribution in [0.1, 0.15) is 32.3 Å². The van der Waals surface area contributed by atoms with Gasteiger partial charge in [0, 0.05) is 4.47 Å². The SMILES string of the molecule is CCCOc1c(I)cc(C=NNC(=O)CC(=O)Nc2ccccc2Br)cc1OCC.